The van der Waals surface area contributed by atoms with E-state index in [0.717, 1.165) is 21.3 Å². The number of benzene rings is 1. The minimum absolute atomic E-state index is 0.171. The highest BCUT2D eigenvalue weighted by Crippen LogP contribution is 2.33. The normalized spacial score (nSPS) is 16.3. The minimum atomic E-state index is -2.86. The number of aromatic nitrogens is 7. The number of fused-ring (bicyclic) bond motifs is 2. The summed E-state index contributed by atoms with van der Waals surface area (Å²) in [7, 11) is 1.41. The molecule has 4 heterocycles. The molecule has 9 nitrogen and oxygen atoms in total. The van der Waals surface area contributed by atoms with Crippen molar-refractivity contribution in [2.45, 2.75) is 18.9 Å². The summed E-state index contributed by atoms with van der Waals surface area (Å²) in [5, 5.41) is 4.52. The zero-order valence-electron chi connectivity index (χ0n) is 15.8. The van der Waals surface area contributed by atoms with Crippen LogP contribution in [0.3, 0.4) is 0 Å². The summed E-state index contributed by atoms with van der Waals surface area (Å²) >= 11 is 0. The summed E-state index contributed by atoms with van der Waals surface area (Å²) < 4.78 is 27.1. The second-order valence-corrected chi connectivity index (χ2v) is 6.92. The number of rotatable bonds is 3. The molecule has 30 heavy (non-hydrogen) atoms. The number of aromatic amines is 1. The standard InChI is InChI=1S/C19H16F2N8O/c1-28-18(26-17(27-28)15(20)21)19(30)29-7-6-12-13(24-9-23-12)14(29)16-22-8-10-4-2-3-5-11(10)25-16/h2-5,8-9,14-15H,6-7H2,1H3,(H,23,24)/t14-/m0/s1. The molecule has 5 rings (SSSR count). The number of carbonyl (C=O) groups is 1. The Kier molecular flexibility index (Phi) is 4.23. The largest absolute Gasteiger partial charge is 0.348 e. The lowest BCUT2D eigenvalue weighted by atomic mass is 10.0. The Morgan fingerprint density at radius 1 is 1.23 bits per heavy atom. The third-order valence-corrected chi connectivity index (χ3v) is 5.10. The summed E-state index contributed by atoms with van der Waals surface area (Å²) in [5.74, 6) is -0.995. The van der Waals surface area contributed by atoms with E-state index in [1.165, 1.54) is 11.9 Å². The zero-order valence-corrected chi connectivity index (χ0v) is 15.8. The van der Waals surface area contributed by atoms with Gasteiger partial charge >= 0.3 is 0 Å². The van der Waals surface area contributed by atoms with Crippen LogP contribution >= 0.6 is 0 Å². The van der Waals surface area contributed by atoms with Gasteiger partial charge in [-0.25, -0.2) is 33.4 Å². The van der Waals surface area contributed by atoms with Crippen molar-refractivity contribution in [2.75, 3.05) is 6.54 Å². The first kappa shape index (κ1) is 18.3. The van der Waals surface area contributed by atoms with E-state index in [1.54, 1.807) is 12.5 Å². The van der Waals surface area contributed by atoms with Crippen LogP contribution in [0.25, 0.3) is 10.9 Å². The third kappa shape index (κ3) is 2.90. The van der Waals surface area contributed by atoms with Crippen LogP contribution in [-0.4, -0.2) is 52.1 Å². The van der Waals surface area contributed by atoms with Gasteiger partial charge in [0, 0.05) is 37.3 Å². The van der Waals surface area contributed by atoms with Gasteiger partial charge in [0.05, 0.1) is 17.5 Å². The monoisotopic (exact) mass is 410 g/mol. The molecule has 1 aliphatic rings. The number of halogens is 2. The highest BCUT2D eigenvalue weighted by atomic mass is 19.3. The average Bonchev–Trinajstić information content (AvgIpc) is 3.38. The van der Waals surface area contributed by atoms with Gasteiger partial charge in [0.25, 0.3) is 12.3 Å². The van der Waals surface area contributed by atoms with Gasteiger partial charge in [0.15, 0.2) is 5.82 Å². The first-order chi connectivity index (χ1) is 14.5. The fourth-order valence-corrected chi connectivity index (χ4v) is 3.69. The van der Waals surface area contributed by atoms with Crippen LogP contribution in [-0.2, 0) is 13.5 Å². The molecule has 1 N–H and O–H groups in total. The quantitative estimate of drug-likeness (QED) is 0.555. The molecule has 0 bridgehead atoms. The predicted octanol–water partition coefficient (Wildman–Crippen LogP) is 2.21. The first-order valence-corrected chi connectivity index (χ1v) is 9.27. The van der Waals surface area contributed by atoms with Crippen LogP contribution in [0.1, 0.15) is 46.1 Å². The maximum Gasteiger partial charge on any atom is 0.299 e. The number of imidazole rings is 1. The Balaban J connectivity index is 1.60. The lowest BCUT2D eigenvalue weighted by molar-refractivity contribution is 0.0665. The maximum atomic E-state index is 13.3. The van der Waals surface area contributed by atoms with Gasteiger partial charge in [-0.3, -0.25) is 4.79 Å². The van der Waals surface area contributed by atoms with E-state index in [1.807, 2.05) is 24.3 Å². The van der Waals surface area contributed by atoms with Crippen molar-refractivity contribution < 1.29 is 13.6 Å². The third-order valence-electron chi connectivity index (χ3n) is 5.10. The molecule has 0 unspecified atom stereocenters. The fraction of sp³-hybridized carbons (Fsp3) is 0.263. The van der Waals surface area contributed by atoms with Crippen LogP contribution in [0.4, 0.5) is 8.78 Å². The van der Waals surface area contributed by atoms with E-state index in [0.29, 0.717) is 24.5 Å². The molecule has 152 valence electrons. The average molecular weight is 410 g/mol. The number of carbonyl (C=O) groups excluding carboxylic acids is 1. The van der Waals surface area contributed by atoms with E-state index in [2.05, 4.69) is 30.0 Å². The zero-order chi connectivity index (χ0) is 20.8. The molecule has 11 heteroatoms. The molecule has 0 radical (unpaired) electrons. The summed E-state index contributed by atoms with van der Waals surface area (Å²) in [6.07, 6.45) is 0.921. The summed E-state index contributed by atoms with van der Waals surface area (Å²) in [6.45, 7) is 0.325. The van der Waals surface area contributed by atoms with Crippen molar-refractivity contribution >= 4 is 16.8 Å². The number of H-pyrrole nitrogens is 1. The molecule has 4 aromatic rings. The second-order valence-electron chi connectivity index (χ2n) is 6.92. The number of aryl methyl sites for hydroxylation is 1. The number of hydrogen-bond acceptors (Lipinski definition) is 6. The molecular weight excluding hydrogens is 394 g/mol. The second kappa shape index (κ2) is 6.94. The van der Waals surface area contributed by atoms with Crippen LogP contribution in [0.2, 0.25) is 0 Å². The Labute approximate surface area is 168 Å². The van der Waals surface area contributed by atoms with Gasteiger partial charge in [-0.1, -0.05) is 18.2 Å². The number of nitrogens with one attached hydrogen (secondary N) is 1. The summed E-state index contributed by atoms with van der Waals surface area (Å²) in [6, 6.07) is 6.84. The van der Waals surface area contributed by atoms with E-state index in [4.69, 9.17) is 0 Å². The van der Waals surface area contributed by atoms with Crippen LogP contribution in [0.5, 0.6) is 0 Å². The molecule has 0 fully saturated rings. The number of para-hydroxylation sites is 1. The summed E-state index contributed by atoms with van der Waals surface area (Å²) in [4.78, 5) is 35.1. The van der Waals surface area contributed by atoms with Crippen LogP contribution in [0, 0.1) is 0 Å². The molecule has 0 spiro atoms. The molecule has 0 saturated carbocycles. The lowest BCUT2D eigenvalue weighted by Gasteiger charge is -2.33. The Bertz CT molecular complexity index is 1250. The molecule has 1 aromatic carbocycles. The highest BCUT2D eigenvalue weighted by Gasteiger charge is 2.38. The SMILES string of the molecule is Cn1nc(C(F)F)nc1C(=O)N1CCc2[nH]cnc2[C@H]1c1ncc2ccccc2n1. The van der Waals surface area contributed by atoms with Crippen molar-refractivity contribution in [2.24, 2.45) is 7.05 Å². The van der Waals surface area contributed by atoms with E-state index in [-0.39, 0.29) is 5.82 Å². The Hall–Kier alpha value is -3.76. The maximum absolute atomic E-state index is 13.3. The van der Waals surface area contributed by atoms with Gasteiger partial charge in [-0.15, -0.1) is 5.10 Å². The van der Waals surface area contributed by atoms with Crippen molar-refractivity contribution in [1.82, 2.24) is 39.6 Å². The molecule has 1 aliphatic heterocycles. The van der Waals surface area contributed by atoms with E-state index < -0.39 is 24.2 Å². The Morgan fingerprint density at radius 2 is 2.07 bits per heavy atom. The van der Waals surface area contributed by atoms with Gasteiger partial charge < -0.3 is 9.88 Å². The minimum Gasteiger partial charge on any atom is -0.348 e. The molecule has 0 saturated heterocycles. The van der Waals surface area contributed by atoms with Crippen LogP contribution in [0.15, 0.2) is 36.8 Å². The number of alkyl halides is 2. The first-order valence-electron chi connectivity index (χ1n) is 9.27. The molecule has 0 aliphatic carbocycles. The topological polar surface area (TPSA) is 105 Å². The van der Waals surface area contributed by atoms with Crippen molar-refractivity contribution in [3.8, 4) is 0 Å². The Morgan fingerprint density at radius 3 is 2.87 bits per heavy atom. The molecular formula is C19H16F2N8O. The van der Waals surface area contributed by atoms with Crippen molar-refractivity contribution in [3.63, 3.8) is 0 Å². The molecule has 1 atom stereocenters. The lowest BCUT2D eigenvalue weighted by Crippen LogP contribution is -2.42. The fourth-order valence-electron chi connectivity index (χ4n) is 3.69. The van der Waals surface area contributed by atoms with Gasteiger partial charge in [0.1, 0.15) is 6.04 Å². The van der Waals surface area contributed by atoms with Gasteiger partial charge in [-0.05, 0) is 6.07 Å². The highest BCUT2D eigenvalue weighted by molar-refractivity contribution is 5.91. The predicted molar refractivity (Wildman–Crippen MR) is 101 cm³/mol. The van der Waals surface area contributed by atoms with Gasteiger partial charge in [0.2, 0.25) is 11.6 Å². The molecule has 1 amide bonds. The van der Waals surface area contributed by atoms with E-state index >= 15 is 0 Å². The number of nitrogens with zero attached hydrogens (tertiary/aromatic N) is 7. The van der Waals surface area contributed by atoms with E-state index in [9.17, 15) is 13.6 Å². The number of hydrogen-bond donors (Lipinski definition) is 1. The van der Waals surface area contributed by atoms with Gasteiger partial charge in [-0.2, -0.15) is 0 Å². The smallest absolute Gasteiger partial charge is 0.299 e. The van der Waals surface area contributed by atoms with Crippen molar-refractivity contribution in [1.29, 1.82) is 0 Å². The number of amides is 1. The molecule has 3 aromatic heterocycles. The van der Waals surface area contributed by atoms with Crippen molar-refractivity contribution in [3.05, 3.63) is 65.7 Å². The van der Waals surface area contributed by atoms with Crippen LogP contribution < -0.4 is 0 Å². The summed E-state index contributed by atoms with van der Waals surface area (Å²) in [5.41, 5.74) is 2.24.